The molecule has 0 fully saturated rings. The number of anilines is 1. The van der Waals surface area contributed by atoms with Crippen LogP contribution in [0, 0.1) is 10.1 Å². The molecule has 1 aliphatic heterocycles. The number of fused-ring (bicyclic) bond motifs is 1. The summed E-state index contributed by atoms with van der Waals surface area (Å²) in [6, 6.07) is 4.41. The van der Waals surface area contributed by atoms with Crippen molar-refractivity contribution in [3.05, 3.63) is 45.0 Å². The number of nitrogens with one attached hydrogen (secondary N) is 1. The molecule has 0 aliphatic carbocycles. The number of benzene rings is 1. The first-order chi connectivity index (χ1) is 10.6. The zero-order valence-electron chi connectivity index (χ0n) is 12.1. The topological polar surface area (TPSA) is 85.9 Å². The lowest BCUT2D eigenvalue weighted by Crippen LogP contribution is -2.18. The number of aryl methyl sites for hydroxylation is 1. The molecule has 0 radical (unpaired) electrons. The van der Waals surface area contributed by atoms with Crippen LogP contribution >= 0.6 is 11.6 Å². The minimum absolute atomic E-state index is 0.0438. The molecule has 0 bridgehead atoms. The van der Waals surface area contributed by atoms with Gasteiger partial charge in [0.2, 0.25) is 0 Å². The summed E-state index contributed by atoms with van der Waals surface area (Å²) in [5.74, 6) is 1.79. The minimum Gasteiger partial charge on any atom is -0.370 e. The molecular formula is C14H16ClN5O2. The first-order valence-corrected chi connectivity index (χ1v) is 7.56. The lowest BCUT2D eigenvalue weighted by atomic mass is 10.1. The maximum absolute atomic E-state index is 11.1. The molecule has 2 heterocycles. The molecule has 0 unspecified atom stereocenters. The highest BCUT2D eigenvalue weighted by Crippen LogP contribution is 2.31. The van der Waals surface area contributed by atoms with Gasteiger partial charge in [0.25, 0.3) is 5.69 Å². The zero-order chi connectivity index (χ0) is 15.7. The first-order valence-electron chi connectivity index (χ1n) is 7.18. The predicted octanol–water partition coefficient (Wildman–Crippen LogP) is 3.35. The van der Waals surface area contributed by atoms with Crippen LogP contribution in [-0.2, 0) is 13.0 Å². The van der Waals surface area contributed by atoms with Gasteiger partial charge in [-0.15, -0.1) is 10.2 Å². The Hall–Kier alpha value is -2.15. The summed E-state index contributed by atoms with van der Waals surface area (Å²) < 4.78 is 2.10. The van der Waals surface area contributed by atoms with Gasteiger partial charge < -0.3 is 9.88 Å². The molecule has 0 amide bonds. The Morgan fingerprint density at radius 2 is 2.23 bits per heavy atom. The van der Waals surface area contributed by atoms with E-state index in [9.17, 15) is 10.1 Å². The van der Waals surface area contributed by atoms with E-state index in [-0.39, 0.29) is 11.7 Å². The van der Waals surface area contributed by atoms with Crippen LogP contribution in [-0.4, -0.2) is 19.7 Å². The van der Waals surface area contributed by atoms with Crippen LogP contribution in [0.4, 0.5) is 11.4 Å². The van der Waals surface area contributed by atoms with Gasteiger partial charge >= 0.3 is 0 Å². The van der Waals surface area contributed by atoms with Crippen LogP contribution in [0.25, 0.3) is 0 Å². The number of nitro groups is 1. The summed E-state index contributed by atoms with van der Waals surface area (Å²) in [5, 5.41) is 23.1. The summed E-state index contributed by atoms with van der Waals surface area (Å²) in [5.41, 5.74) is 0.382. The summed E-state index contributed by atoms with van der Waals surface area (Å²) in [6.07, 6.45) is 3.16. The van der Waals surface area contributed by atoms with Crippen LogP contribution in [0.5, 0.6) is 0 Å². The third-order valence-corrected chi connectivity index (χ3v) is 4.04. The SMILES string of the molecule is C[C@@H](Nc1ccc(Cl)cc1[N+](=O)[O-])c1nnc2n1CCCC2. The van der Waals surface area contributed by atoms with E-state index in [2.05, 4.69) is 20.1 Å². The van der Waals surface area contributed by atoms with Gasteiger partial charge in [-0.2, -0.15) is 0 Å². The normalized spacial score (nSPS) is 15.2. The van der Waals surface area contributed by atoms with Crippen molar-refractivity contribution >= 4 is 23.0 Å². The molecule has 22 heavy (non-hydrogen) atoms. The molecular weight excluding hydrogens is 306 g/mol. The number of rotatable bonds is 4. The minimum atomic E-state index is -0.444. The largest absolute Gasteiger partial charge is 0.370 e. The molecule has 0 saturated carbocycles. The van der Waals surface area contributed by atoms with Gasteiger partial charge in [0, 0.05) is 24.1 Å². The van der Waals surface area contributed by atoms with Gasteiger partial charge in [-0.1, -0.05) is 11.6 Å². The summed E-state index contributed by atoms with van der Waals surface area (Å²) in [6.45, 7) is 2.82. The third-order valence-electron chi connectivity index (χ3n) is 3.80. The van der Waals surface area contributed by atoms with Crippen LogP contribution in [0.3, 0.4) is 0 Å². The van der Waals surface area contributed by atoms with Gasteiger partial charge in [0.15, 0.2) is 5.82 Å². The molecule has 0 spiro atoms. The second-order valence-electron chi connectivity index (χ2n) is 5.37. The number of halogens is 1. The molecule has 116 valence electrons. The van der Waals surface area contributed by atoms with Gasteiger partial charge in [-0.3, -0.25) is 10.1 Å². The van der Waals surface area contributed by atoms with E-state index in [4.69, 9.17) is 11.6 Å². The van der Waals surface area contributed by atoms with E-state index >= 15 is 0 Å². The fourth-order valence-electron chi connectivity index (χ4n) is 2.73. The molecule has 1 atom stereocenters. The lowest BCUT2D eigenvalue weighted by molar-refractivity contribution is -0.384. The van der Waals surface area contributed by atoms with E-state index in [1.807, 2.05) is 6.92 Å². The smallest absolute Gasteiger partial charge is 0.293 e. The van der Waals surface area contributed by atoms with Crippen LogP contribution in [0.15, 0.2) is 18.2 Å². The average molecular weight is 322 g/mol. The number of nitro benzene ring substituents is 1. The van der Waals surface area contributed by atoms with Gasteiger partial charge in [-0.05, 0) is 31.9 Å². The van der Waals surface area contributed by atoms with Gasteiger partial charge in [0.05, 0.1) is 11.0 Å². The maximum Gasteiger partial charge on any atom is 0.293 e. The van der Waals surface area contributed by atoms with Crippen molar-refractivity contribution in [2.75, 3.05) is 5.32 Å². The van der Waals surface area contributed by atoms with E-state index in [0.717, 1.165) is 37.5 Å². The van der Waals surface area contributed by atoms with Crippen LogP contribution < -0.4 is 5.32 Å². The monoisotopic (exact) mass is 321 g/mol. The molecule has 1 N–H and O–H groups in total. The Labute approximate surface area is 132 Å². The van der Waals surface area contributed by atoms with E-state index in [1.165, 1.54) is 6.07 Å². The summed E-state index contributed by atoms with van der Waals surface area (Å²) in [7, 11) is 0. The quantitative estimate of drug-likeness (QED) is 0.689. The molecule has 0 saturated heterocycles. The highest BCUT2D eigenvalue weighted by Gasteiger charge is 2.22. The van der Waals surface area contributed by atoms with Crippen LogP contribution in [0.1, 0.15) is 37.5 Å². The third kappa shape index (κ3) is 2.76. The Morgan fingerprint density at radius 3 is 3.00 bits per heavy atom. The van der Waals surface area contributed by atoms with E-state index in [0.29, 0.717) is 10.7 Å². The van der Waals surface area contributed by atoms with Crippen molar-refractivity contribution in [3.8, 4) is 0 Å². The van der Waals surface area contributed by atoms with Crippen molar-refractivity contribution < 1.29 is 4.92 Å². The fraction of sp³-hybridized carbons (Fsp3) is 0.429. The molecule has 7 nitrogen and oxygen atoms in total. The van der Waals surface area contributed by atoms with Crippen molar-refractivity contribution in [3.63, 3.8) is 0 Å². The lowest BCUT2D eigenvalue weighted by Gasteiger charge is -2.19. The second kappa shape index (κ2) is 5.92. The number of nitrogens with zero attached hydrogens (tertiary/aromatic N) is 4. The van der Waals surface area contributed by atoms with Gasteiger partial charge in [-0.25, -0.2) is 0 Å². The molecule has 1 aliphatic rings. The molecule has 1 aromatic heterocycles. The number of hydrogen-bond donors (Lipinski definition) is 1. The molecule has 3 rings (SSSR count). The predicted molar refractivity (Wildman–Crippen MR) is 83.1 cm³/mol. The van der Waals surface area contributed by atoms with Crippen molar-refractivity contribution in [1.82, 2.24) is 14.8 Å². The summed E-state index contributed by atoms with van der Waals surface area (Å²) in [4.78, 5) is 10.7. The standard InChI is InChI=1S/C14H16ClN5O2/c1-9(14-18-17-13-4-2-3-7-19(13)14)16-11-6-5-10(15)8-12(11)20(21)22/h5-6,8-9,16H,2-4,7H2,1H3/t9-/m1/s1. The molecule has 8 heteroatoms. The molecule has 1 aromatic carbocycles. The maximum atomic E-state index is 11.1. The van der Waals surface area contributed by atoms with Crippen molar-refractivity contribution in [2.24, 2.45) is 0 Å². The van der Waals surface area contributed by atoms with E-state index < -0.39 is 4.92 Å². The first kappa shape index (κ1) is 14.8. The second-order valence-corrected chi connectivity index (χ2v) is 5.80. The summed E-state index contributed by atoms with van der Waals surface area (Å²) >= 11 is 5.83. The Balaban J connectivity index is 1.87. The van der Waals surface area contributed by atoms with Crippen molar-refractivity contribution in [2.45, 2.75) is 38.8 Å². The van der Waals surface area contributed by atoms with Gasteiger partial charge in [0.1, 0.15) is 11.5 Å². The Morgan fingerprint density at radius 1 is 1.41 bits per heavy atom. The fourth-order valence-corrected chi connectivity index (χ4v) is 2.89. The number of aromatic nitrogens is 3. The highest BCUT2D eigenvalue weighted by atomic mass is 35.5. The Kier molecular flexibility index (Phi) is 3.98. The van der Waals surface area contributed by atoms with Crippen molar-refractivity contribution in [1.29, 1.82) is 0 Å². The molecule has 2 aromatic rings. The number of hydrogen-bond acceptors (Lipinski definition) is 5. The average Bonchev–Trinajstić information content (AvgIpc) is 2.93. The zero-order valence-corrected chi connectivity index (χ0v) is 12.9. The highest BCUT2D eigenvalue weighted by molar-refractivity contribution is 6.30. The Bertz CT molecular complexity index is 715. The van der Waals surface area contributed by atoms with Crippen LogP contribution in [0.2, 0.25) is 5.02 Å². The van der Waals surface area contributed by atoms with E-state index in [1.54, 1.807) is 12.1 Å².